The van der Waals surface area contributed by atoms with Crippen molar-refractivity contribution >= 4 is 35.4 Å². The topological polar surface area (TPSA) is 239 Å². The molecule has 0 radical (unpaired) electrons. The fourth-order valence-electron chi connectivity index (χ4n) is 1.26. The molecule has 0 aliphatic heterocycles. The predicted molar refractivity (Wildman–Crippen MR) is 210 cm³/mol. The van der Waals surface area contributed by atoms with Crippen LogP contribution in [0, 0.1) is 0 Å². The van der Waals surface area contributed by atoms with E-state index in [2.05, 4.69) is 14.2 Å². The molecule has 49 heavy (non-hydrogen) atoms. The molecule has 7 N–H and O–H groups in total. The van der Waals surface area contributed by atoms with E-state index in [-0.39, 0.29) is 60.1 Å². The van der Waals surface area contributed by atoms with E-state index in [1.165, 1.54) is 28.3 Å². The zero-order valence-electron chi connectivity index (χ0n) is 36.4. The summed E-state index contributed by atoms with van der Waals surface area (Å²) in [6.45, 7) is 37.4. The van der Waals surface area contributed by atoms with Gasteiger partial charge in [-0.2, -0.15) is 0 Å². The molecule has 310 valence electrons. The first-order valence-electron chi connectivity index (χ1n) is 17.5. The summed E-state index contributed by atoms with van der Waals surface area (Å²) in [5.41, 5.74) is 5.00. The number of Topliss-reactive ketones (excluding diaryl/α,β-unsaturated/α-hetero) is 2. The highest BCUT2D eigenvalue weighted by atomic mass is 16.5. The number of hydrogen-bond acceptors (Lipinski definition) is 10. The third kappa shape index (κ3) is 230. The lowest BCUT2D eigenvalue weighted by Gasteiger charge is -1.93. The van der Waals surface area contributed by atoms with Crippen LogP contribution in [-0.4, -0.2) is 79.4 Å². The Bertz CT molecular complexity index is 514. The van der Waals surface area contributed by atoms with Crippen molar-refractivity contribution in [2.45, 2.75) is 176 Å². The highest BCUT2D eigenvalue weighted by Gasteiger charge is 2.03. The lowest BCUT2D eigenvalue weighted by molar-refractivity contribution is -0.145. The van der Waals surface area contributed by atoms with Gasteiger partial charge < -0.3 is 45.6 Å². The molecular weight excluding hydrogens is 638 g/mol. The summed E-state index contributed by atoms with van der Waals surface area (Å²) < 4.78 is 12.8. The molecule has 0 aromatic heterocycles. The largest absolute Gasteiger partial charge is 0.481 e. The third-order valence-corrected chi connectivity index (χ3v) is 2.86. The van der Waals surface area contributed by atoms with Crippen LogP contribution in [0.2, 0.25) is 0 Å². The maximum Gasteiger partial charge on any atom is 0.306 e. The minimum atomic E-state index is -0.986. The van der Waals surface area contributed by atoms with Crippen molar-refractivity contribution in [1.29, 1.82) is 0 Å². The summed E-state index contributed by atoms with van der Waals surface area (Å²) in [6.07, 6.45) is 2.31. The Morgan fingerprint density at radius 1 is 0.449 bits per heavy atom. The molecular formula is C36H89NO12. The number of hydrogen-bond donors (Lipinski definition) is 2. The molecule has 0 rings (SSSR count). The van der Waals surface area contributed by atoms with Gasteiger partial charge in [-0.25, -0.2) is 0 Å². The summed E-state index contributed by atoms with van der Waals surface area (Å²) in [4.78, 5) is 60.8. The zero-order valence-corrected chi connectivity index (χ0v) is 36.4. The number of esters is 3. The van der Waals surface area contributed by atoms with Gasteiger partial charge in [0, 0.05) is 19.4 Å². The molecule has 0 amide bonds. The van der Waals surface area contributed by atoms with Crippen LogP contribution in [0.4, 0.5) is 0 Å². The zero-order chi connectivity index (χ0) is 41.2. The second kappa shape index (κ2) is 129. The summed E-state index contributed by atoms with van der Waals surface area (Å²) >= 11 is 0. The monoisotopic (exact) mass is 728 g/mol. The minimum absolute atomic E-state index is 0. The average Bonchev–Trinajstić information content (AvgIpc) is 3.13. The molecule has 13 heteroatoms. The Morgan fingerprint density at radius 2 is 0.673 bits per heavy atom. The molecule has 0 unspecified atom stereocenters. The number of rotatable bonds is 10. The van der Waals surface area contributed by atoms with E-state index in [0.717, 1.165) is 12.8 Å². The molecule has 0 heterocycles. The molecule has 0 bridgehead atoms. The number of carbonyl (C=O) groups excluding carboxylic acids is 5. The molecule has 0 aliphatic rings. The minimum Gasteiger partial charge on any atom is -0.481 e. The highest BCUT2D eigenvalue weighted by molar-refractivity contribution is 5.80. The lowest BCUT2D eigenvalue weighted by Crippen LogP contribution is -2.08. The van der Waals surface area contributed by atoms with E-state index in [0.29, 0.717) is 13.0 Å². The first kappa shape index (κ1) is 91.0. The van der Waals surface area contributed by atoms with Crippen molar-refractivity contribution in [2.75, 3.05) is 27.9 Å². The standard InChI is InChI=1S/C6H10O3.C5H8O4.C5H10O.C4H9NO2.8C2H6.2H2O/c1-5(7)3-4-6(8)9-2;1-9-5(8)3-2-4(6)7;1-3-4-5(2)6;1-7-4(6)2-3-5;8*1-2;;/h3-4H2,1-2H3;2-3H2,1H3,(H,6,7);3-4H2,1-2H3;2-3,5H2,1H3;8*1-2H3;2*1H2. The fraction of sp³-hybridized carbons (Fsp3) is 0.833. The second-order valence-electron chi connectivity index (χ2n) is 5.81. The SMILES string of the molecule is CC.CC.CC.CC.CC.CC.CC.CC.CCCC(C)=O.COC(=O)CCC(=O)O.COC(=O)CCC(C)=O.COC(=O)CCN.O.O. The van der Waals surface area contributed by atoms with Gasteiger partial charge in [0.15, 0.2) is 0 Å². The Balaban J connectivity index is -0.0000000242. The second-order valence-corrected chi connectivity index (χ2v) is 5.81. The lowest BCUT2D eigenvalue weighted by atomic mass is 10.2. The van der Waals surface area contributed by atoms with Crippen LogP contribution >= 0.6 is 0 Å². The van der Waals surface area contributed by atoms with Crippen LogP contribution in [0.1, 0.15) is 176 Å². The smallest absolute Gasteiger partial charge is 0.306 e. The predicted octanol–water partition coefficient (Wildman–Crippen LogP) is 8.00. The van der Waals surface area contributed by atoms with Crippen LogP contribution in [0.25, 0.3) is 0 Å². The quantitative estimate of drug-likeness (QED) is 0.161. The molecule has 0 fully saturated rings. The van der Waals surface area contributed by atoms with E-state index < -0.39 is 11.9 Å². The Kier molecular flexibility index (Phi) is 239. The molecule has 0 aromatic carbocycles. The van der Waals surface area contributed by atoms with Gasteiger partial charge in [0.05, 0.1) is 47.0 Å². The van der Waals surface area contributed by atoms with Crippen LogP contribution < -0.4 is 5.73 Å². The number of ether oxygens (including phenoxy) is 3. The average molecular weight is 728 g/mol. The molecule has 0 saturated carbocycles. The fourth-order valence-corrected chi connectivity index (χ4v) is 1.26. The van der Waals surface area contributed by atoms with Gasteiger partial charge in [-0.3, -0.25) is 19.2 Å². The van der Waals surface area contributed by atoms with Crippen molar-refractivity contribution in [3.8, 4) is 0 Å². The number of aliphatic carboxylic acids is 1. The molecule has 0 spiro atoms. The van der Waals surface area contributed by atoms with Gasteiger partial charge in [-0.1, -0.05) is 118 Å². The van der Waals surface area contributed by atoms with Crippen LogP contribution in [-0.2, 0) is 43.0 Å². The summed E-state index contributed by atoms with van der Waals surface area (Å²) in [5.74, 6) is -1.75. The number of carbonyl (C=O) groups is 6. The van der Waals surface area contributed by atoms with E-state index in [9.17, 15) is 28.8 Å². The van der Waals surface area contributed by atoms with Gasteiger partial charge >= 0.3 is 23.9 Å². The summed E-state index contributed by atoms with van der Waals surface area (Å²) in [7, 11) is 3.88. The maximum atomic E-state index is 10.3. The van der Waals surface area contributed by atoms with Gasteiger partial charge in [0.2, 0.25) is 0 Å². The molecule has 0 atom stereocenters. The van der Waals surface area contributed by atoms with Crippen molar-refractivity contribution in [3.63, 3.8) is 0 Å². The van der Waals surface area contributed by atoms with Gasteiger partial charge in [0.1, 0.15) is 11.6 Å². The number of carboxylic acid groups (broad SMARTS) is 1. The van der Waals surface area contributed by atoms with Gasteiger partial charge in [0.25, 0.3) is 0 Å². The molecule has 13 nitrogen and oxygen atoms in total. The van der Waals surface area contributed by atoms with Crippen LogP contribution in [0.3, 0.4) is 0 Å². The normalized spacial score (nSPS) is 6.35. The molecule has 0 saturated heterocycles. The Hall–Kier alpha value is -2.90. The van der Waals surface area contributed by atoms with Gasteiger partial charge in [-0.15, -0.1) is 0 Å². The van der Waals surface area contributed by atoms with Crippen molar-refractivity contribution in [3.05, 3.63) is 0 Å². The first-order chi connectivity index (χ1) is 22.4. The summed E-state index contributed by atoms with van der Waals surface area (Å²) in [5, 5.41) is 8.05. The van der Waals surface area contributed by atoms with Crippen molar-refractivity contribution in [2.24, 2.45) is 5.73 Å². The Morgan fingerprint density at radius 3 is 0.796 bits per heavy atom. The maximum absolute atomic E-state index is 10.3. The van der Waals surface area contributed by atoms with Gasteiger partial charge in [-0.05, 0) is 20.3 Å². The number of methoxy groups -OCH3 is 3. The van der Waals surface area contributed by atoms with E-state index in [1.807, 2.05) is 118 Å². The third-order valence-electron chi connectivity index (χ3n) is 2.86. The number of ketones is 2. The molecule has 0 aliphatic carbocycles. The van der Waals surface area contributed by atoms with Crippen molar-refractivity contribution in [1.82, 2.24) is 0 Å². The Labute approximate surface area is 304 Å². The van der Waals surface area contributed by atoms with E-state index >= 15 is 0 Å². The van der Waals surface area contributed by atoms with Crippen molar-refractivity contribution < 1.29 is 59.0 Å². The number of nitrogens with two attached hydrogens (primary N) is 1. The highest BCUT2D eigenvalue weighted by Crippen LogP contribution is 1.91. The van der Waals surface area contributed by atoms with Crippen LogP contribution in [0.5, 0.6) is 0 Å². The first-order valence-corrected chi connectivity index (χ1v) is 17.5. The van der Waals surface area contributed by atoms with E-state index in [1.54, 1.807) is 6.92 Å². The number of carboxylic acids is 1. The molecule has 0 aromatic rings. The summed E-state index contributed by atoms with van der Waals surface area (Å²) in [6, 6.07) is 0. The van der Waals surface area contributed by atoms with E-state index in [4.69, 9.17) is 10.8 Å². The van der Waals surface area contributed by atoms with Crippen LogP contribution in [0.15, 0.2) is 0 Å².